The fourth-order valence-electron chi connectivity index (χ4n) is 1.90. The molecule has 1 heterocycles. The predicted octanol–water partition coefficient (Wildman–Crippen LogP) is 5.61. The van der Waals surface area contributed by atoms with Gasteiger partial charge in [-0.3, -0.25) is 0 Å². The first-order chi connectivity index (χ1) is 7.66. The van der Waals surface area contributed by atoms with Gasteiger partial charge in [0.15, 0.2) is 0 Å². The molecule has 0 atom stereocenters. The standard InChI is InChI=1S/C12H6Br3N/c13-6-1-4-10-7(5-6)11-8(14)2-3-9(15)12(11)16-10/h1-5,16H. The lowest BCUT2D eigenvalue weighted by Gasteiger charge is -1.97. The van der Waals surface area contributed by atoms with Gasteiger partial charge >= 0.3 is 0 Å². The molecule has 0 aliphatic carbocycles. The highest BCUT2D eigenvalue weighted by atomic mass is 79.9. The molecule has 0 radical (unpaired) electrons. The van der Waals surface area contributed by atoms with Crippen molar-refractivity contribution in [2.45, 2.75) is 0 Å². The van der Waals surface area contributed by atoms with Crippen LogP contribution in [0.4, 0.5) is 0 Å². The van der Waals surface area contributed by atoms with E-state index in [4.69, 9.17) is 0 Å². The minimum Gasteiger partial charge on any atom is -0.354 e. The van der Waals surface area contributed by atoms with Gasteiger partial charge in [0.25, 0.3) is 0 Å². The van der Waals surface area contributed by atoms with E-state index >= 15 is 0 Å². The number of aromatic amines is 1. The van der Waals surface area contributed by atoms with Gasteiger partial charge in [-0.05, 0) is 46.3 Å². The third kappa shape index (κ3) is 1.55. The molecule has 0 saturated carbocycles. The molecule has 0 fully saturated rings. The van der Waals surface area contributed by atoms with Gasteiger partial charge in [-0.15, -0.1) is 0 Å². The summed E-state index contributed by atoms with van der Waals surface area (Å²) < 4.78 is 3.28. The molecular formula is C12H6Br3N. The van der Waals surface area contributed by atoms with E-state index in [0.29, 0.717) is 0 Å². The Morgan fingerprint density at radius 2 is 1.62 bits per heavy atom. The van der Waals surface area contributed by atoms with Crippen LogP contribution in [0.2, 0.25) is 0 Å². The normalized spacial score (nSPS) is 11.4. The molecule has 4 heteroatoms. The second-order valence-corrected chi connectivity index (χ2v) is 6.22. The predicted molar refractivity (Wildman–Crippen MR) is 78.9 cm³/mol. The minimum atomic E-state index is 1.08. The zero-order chi connectivity index (χ0) is 11.3. The number of fused-ring (bicyclic) bond motifs is 3. The average Bonchev–Trinajstić information content (AvgIpc) is 2.63. The zero-order valence-electron chi connectivity index (χ0n) is 8.02. The Morgan fingerprint density at radius 1 is 0.875 bits per heavy atom. The van der Waals surface area contributed by atoms with E-state index < -0.39 is 0 Å². The maximum atomic E-state index is 3.60. The third-order valence-corrected chi connectivity index (χ3v) is 4.43. The van der Waals surface area contributed by atoms with Crippen LogP contribution in [0.3, 0.4) is 0 Å². The fourth-order valence-corrected chi connectivity index (χ4v) is 3.24. The van der Waals surface area contributed by atoms with Crippen LogP contribution in [0.1, 0.15) is 0 Å². The van der Waals surface area contributed by atoms with Crippen molar-refractivity contribution in [3.05, 3.63) is 43.7 Å². The van der Waals surface area contributed by atoms with Gasteiger partial charge in [0.05, 0.1) is 5.52 Å². The van der Waals surface area contributed by atoms with E-state index in [-0.39, 0.29) is 0 Å². The van der Waals surface area contributed by atoms with Crippen LogP contribution in [0.5, 0.6) is 0 Å². The van der Waals surface area contributed by atoms with Gasteiger partial charge in [0, 0.05) is 29.7 Å². The van der Waals surface area contributed by atoms with E-state index in [1.165, 1.54) is 10.8 Å². The SMILES string of the molecule is Brc1ccc2[nH]c3c(Br)ccc(Br)c3c2c1. The summed E-state index contributed by atoms with van der Waals surface area (Å²) in [4.78, 5) is 3.42. The summed E-state index contributed by atoms with van der Waals surface area (Å²) >= 11 is 10.7. The Bertz CT molecular complexity index is 700. The molecule has 3 aromatic rings. The van der Waals surface area contributed by atoms with Crippen molar-refractivity contribution in [1.29, 1.82) is 0 Å². The molecule has 1 N–H and O–H groups in total. The molecular weight excluding hydrogens is 398 g/mol. The summed E-state index contributed by atoms with van der Waals surface area (Å²) in [6.45, 7) is 0. The molecule has 0 saturated heterocycles. The molecule has 0 spiro atoms. The molecule has 80 valence electrons. The molecule has 0 aliphatic rings. The monoisotopic (exact) mass is 401 g/mol. The molecule has 0 aliphatic heterocycles. The highest BCUT2D eigenvalue weighted by Crippen LogP contribution is 2.36. The lowest BCUT2D eigenvalue weighted by Crippen LogP contribution is -1.72. The number of nitrogens with one attached hydrogen (secondary N) is 1. The molecule has 1 aromatic heterocycles. The van der Waals surface area contributed by atoms with Crippen LogP contribution in [0.15, 0.2) is 43.7 Å². The van der Waals surface area contributed by atoms with E-state index in [1.807, 2.05) is 12.1 Å². The maximum Gasteiger partial charge on any atom is 0.0620 e. The first kappa shape index (κ1) is 10.8. The second-order valence-electron chi connectivity index (χ2n) is 3.59. The minimum absolute atomic E-state index is 1.08. The quantitative estimate of drug-likeness (QED) is 0.502. The highest BCUT2D eigenvalue weighted by Gasteiger charge is 2.10. The summed E-state index contributed by atoms with van der Waals surface area (Å²) in [5, 5.41) is 2.43. The van der Waals surface area contributed by atoms with Crippen LogP contribution >= 0.6 is 47.8 Å². The van der Waals surface area contributed by atoms with Gasteiger partial charge in [-0.1, -0.05) is 31.9 Å². The van der Waals surface area contributed by atoms with Crippen molar-refractivity contribution in [3.63, 3.8) is 0 Å². The number of aromatic nitrogens is 1. The summed E-state index contributed by atoms with van der Waals surface area (Å²) in [5.74, 6) is 0. The van der Waals surface area contributed by atoms with Gasteiger partial charge in [-0.25, -0.2) is 0 Å². The molecule has 16 heavy (non-hydrogen) atoms. The molecule has 0 unspecified atom stereocenters. The average molecular weight is 404 g/mol. The summed E-state index contributed by atoms with van der Waals surface area (Å²) in [6, 6.07) is 10.3. The van der Waals surface area contributed by atoms with Crippen molar-refractivity contribution in [2.75, 3.05) is 0 Å². The second kappa shape index (κ2) is 3.86. The van der Waals surface area contributed by atoms with Gasteiger partial charge in [-0.2, -0.15) is 0 Å². The van der Waals surface area contributed by atoms with Crippen LogP contribution in [0.25, 0.3) is 21.8 Å². The Morgan fingerprint density at radius 3 is 2.44 bits per heavy atom. The molecule has 2 aromatic carbocycles. The van der Waals surface area contributed by atoms with Crippen molar-refractivity contribution in [1.82, 2.24) is 4.98 Å². The first-order valence-corrected chi connectivity index (χ1v) is 7.09. The fraction of sp³-hybridized carbons (Fsp3) is 0. The lowest BCUT2D eigenvalue weighted by atomic mass is 10.1. The highest BCUT2D eigenvalue weighted by molar-refractivity contribution is 9.11. The summed E-state index contributed by atoms with van der Waals surface area (Å²) in [5.41, 5.74) is 2.27. The zero-order valence-corrected chi connectivity index (χ0v) is 12.8. The lowest BCUT2D eigenvalue weighted by molar-refractivity contribution is 1.52. The maximum absolute atomic E-state index is 3.60. The van der Waals surface area contributed by atoms with Crippen LogP contribution < -0.4 is 0 Å². The molecule has 1 nitrogen and oxygen atoms in total. The Kier molecular flexibility index (Phi) is 2.61. The van der Waals surface area contributed by atoms with E-state index in [9.17, 15) is 0 Å². The Labute approximate surface area is 118 Å². The number of H-pyrrole nitrogens is 1. The topological polar surface area (TPSA) is 15.8 Å². The summed E-state index contributed by atoms with van der Waals surface area (Å²) in [7, 11) is 0. The smallest absolute Gasteiger partial charge is 0.0620 e. The Balaban J connectivity index is 2.62. The van der Waals surface area contributed by atoms with Crippen LogP contribution in [-0.2, 0) is 0 Å². The van der Waals surface area contributed by atoms with E-state index in [0.717, 1.165) is 24.5 Å². The summed E-state index contributed by atoms with van der Waals surface area (Å²) in [6.07, 6.45) is 0. The van der Waals surface area contributed by atoms with Gasteiger partial charge in [0.1, 0.15) is 0 Å². The first-order valence-electron chi connectivity index (χ1n) is 4.72. The molecule has 0 amide bonds. The number of benzene rings is 2. The van der Waals surface area contributed by atoms with Gasteiger partial charge < -0.3 is 4.98 Å². The van der Waals surface area contributed by atoms with Gasteiger partial charge in [0.2, 0.25) is 0 Å². The van der Waals surface area contributed by atoms with Crippen molar-refractivity contribution < 1.29 is 0 Å². The van der Waals surface area contributed by atoms with E-state index in [2.05, 4.69) is 71.0 Å². The number of rotatable bonds is 0. The van der Waals surface area contributed by atoms with Crippen molar-refractivity contribution in [2.24, 2.45) is 0 Å². The third-order valence-electron chi connectivity index (χ3n) is 2.61. The Hall–Kier alpha value is -0.320. The molecule has 0 bridgehead atoms. The number of hydrogen-bond donors (Lipinski definition) is 1. The number of halogens is 3. The van der Waals surface area contributed by atoms with Crippen LogP contribution in [-0.4, -0.2) is 4.98 Å². The largest absolute Gasteiger partial charge is 0.354 e. The van der Waals surface area contributed by atoms with E-state index in [1.54, 1.807) is 0 Å². The van der Waals surface area contributed by atoms with Crippen molar-refractivity contribution >= 4 is 69.6 Å². The van der Waals surface area contributed by atoms with Crippen molar-refractivity contribution in [3.8, 4) is 0 Å². The van der Waals surface area contributed by atoms with Crippen LogP contribution in [0, 0.1) is 0 Å². The number of hydrogen-bond acceptors (Lipinski definition) is 0. The molecule has 3 rings (SSSR count).